The summed E-state index contributed by atoms with van der Waals surface area (Å²) >= 11 is 0. The number of hydrogen-bond donors (Lipinski definition) is 1. The van der Waals surface area contributed by atoms with Crippen LogP contribution in [0.4, 0.5) is 18.9 Å². The molecule has 0 aromatic carbocycles. The largest absolute Gasteiger partial charge is 0.433 e. The molecule has 1 N–H and O–H groups in total. The number of ether oxygens (including phenoxy) is 1. The van der Waals surface area contributed by atoms with Gasteiger partial charge in [-0.1, -0.05) is 0 Å². The number of nitrogens with zero attached hydrogens (tertiary/aromatic N) is 1. The van der Waals surface area contributed by atoms with Crippen LogP contribution in [0.2, 0.25) is 0 Å². The summed E-state index contributed by atoms with van der Waals surface area (Å²) in [6.07, 6.45) is -2.18. The van der Waals surface area contributed by atoms with E-state index >= 15 is 0 Å². The lowest BCUT2D eigenvalue weighted by Crippen LogP contribution is -2.14. The summed E-state index contributed by atoms with van der Waals surface area (Å²) in [6.45, 7) is 2.17. The van der Waals surface area contributed by atoms with Crippen LogP contribution in [-0.4, -0.2) is 24.7 Å². The fourth-order valence-corrected chi connectivity index (χ4v) is 1.67. The Kier molecular flexibility index (Phi) is 3.51. The lowest BCUT2D eigenvalue weighted by molar-refractivity contribution is -0.141. The van der Waals surface area contributed by atoms with E-state index < -0.39 is 11.9 Å². The molecule has 1 aromatic rings. The van der Waals surface area contributed by atoms with E-state index in [9.17, 15) is 13.2 Å². The van der Waals surface area contributed by atoms with E-state index in [1.807, 2.05) is 0 Å². The molecular weight excluding hydrogens is 233 g/mol. The third kappa shape index (κ3) is 3.33. The molecule has 1 unspecified atom stereocenters. The highest BCUT2D eigenvalue weighted by Crippen LogP contribution is 2.27. The highest BCUT2D eigenvalue weighted by atomic mass is 19.4. The van der Waals surface area contributed by atoms with E-state index in [0.29, 0.717) is 24.8 Å². The van der Waals surface area contributed by atoms with Crippen molar-refractivity contribution in [3.05, 3.63) is 24.0 Å². The fraction of sp³-hybridized carbons (Fsp3) is 0.545. The molecule has 1 atom stereocenters. The van der Waals surface area contributed by atoms with Crippen molar-refractivity contribution >= 4 is 5.69 Å². The molecule has 0 spiro atoms. The van der Waals surface area contributed by atoms with Gasteiger partial charge in [0.1, 0.15) is 5.69 Å². The van der Waals surface area contributed by atoms with Crippen LogP contribution in [0.25, 0.3) is 0 Å². The van der Waals surface area contributed by atoms with Crippen LogP contribution in [0.3, 0.4) is 0 Å². The van der Waals surface area contributed by atoms with Gasteiger partial charge in [0, 0.05) is 19.1 Å². The number of alkyl halides is 3. The second-order valence-electron chi connectivity index (χ2n) is 4.04. The van der Waals surface area contributed by atoms with E-state index in [0.717, 1.165) is 19.1 Å². The van der Waals surface area contributed by atoms with E-state index in [4.69, 9.17) is 4.74 Å². The maximum atomic E-state index is 12.3. The fourth-order valence-electron chi connectivity index (χ4n) is 1.67. The molecule has 1 aliphatic rings. The first kappa shape index (κ1) is 12.2. The molecule has 2 heterocycles. The van der Waals surface area contributed by atoms with Crippen LogP contribution in [0.15, 0.2) is 18.3 Å². The first-order chi connectivity index (χ1) is 8.05. The molecule has 0 amide bonds. The molecule has 94 valence electrons. The van der Waals surface area contributed by atoms with Crippen LogP contribution < -0.4 is 5.32 Å². The highest BCUT2D eigenvalue weighted by molar-refractivity contribution is 5.41. The number of pyridine rings is 1. The zero-order valence-electron chi connectivity index (χ0n) is 9.13. The molecule has 3 nitrogen and oxygen atoms in total. The molecule has 17 heavy (non-hydrogen) atoms. The Hall–Kier alpha value is -1.30. The average molecular weight is 246 g/mol. The first-order valence-electron chi connectivity index (χ1n) is 5.40. The van der Waals surface area contributed by atoms with E-state index in [-0.39, 0.29) is 0 Å². The minimum absolute atomic E-state index is 0.428. The van der Waals surface area contributed by atoms with Crippen LogP contribution >= 0.6 is 0 Å². The van der Waals surface area contributed by atoms with Crippen molar-refractivity contribution < 1.29 is 17.9 Å². The number of nitrogens with one attached hydrogen (secondary N) is 1. The van der Waals surface area contributed by atoms with E-state index in [1.54, 1.807) is 0 Å². The second-order valence-corrected chi connectivity index (χ2v) is 4.04. The van der Waals surface area contributed by atoms with Crippen molar-refractivity contribution in [3.8, 4) is 0 Å². The standard InChI is InChI=1S/C11H13F3N2O/c12-11(13,14)10-2-1-9(6-16-10)15-5-8-3-4-17-7-8/h1-2,6,8,15H,3-5,7H2. The van der Waals surface area contributed by atoms with Gasteiger partial charge in [0.2, 0.25) is 0 Å². The molecular formula is C11H13F3N2O. The van der Waals surface area contributed by atoms with Gasteiger partial charge in [0.25, 0.3) is 0 Å². The number of rotatable bonds is 3. The smallest absolute Gasteiger partial charge is 0.383 e. The van der Waals surface area contributed by atoms with E-state index in [2.05, 4.69) is 10.3 Å². The Balaban J connectivity index is 1.89. The maximum Gasteiger partial charge on any atom is 0.433 e. The van der Waals surface area contributed by atoms with Crippen molar-refractivity contribution in [1.82, 2.24) is 4.98 Å². The molecule has 2 rings (SSSR count). The number of aromatic nitrogens is 1. The van der Waals surface area contributed by atoms with Gasteiger partial charge in [-0.15, -0.1) is 0 Å². The van der Waals surface area contributed by atoms with Crippen LogP contribution in [-0.2, 0) is 10.9 Å². The quantitative estimate of drug-likeness (QED) is 0.890. The van der Waals surface area contributed by atoms with Crippen molar-refractivity contribution in [2.24, 2.45) is 5.92 Å². The maximum absolute atomic E-state index is 12.3. The first-order valence-corrected chi connectivity index (χ1v) is 5.40. The lowest BCUT2D eigenvalue weighted by atomic mass is 10.1. The summed E-state index contributed by atoms with van der Waals surface area (Å²) in [5.74, 6) is 0.428. The van der Waals surface area contributed by atoms with Gasteiger partial charge in [-0.25, -0.2) is 4.98 Å². The van der Waals surface area contributed by atoms with Gasteiger partial charge >= 0.3 is 6.18 Å². The number of hydrogen-bond acceptors (Lipinski definition) is 3. The van der Waals surface area contributed by atoms with Gasteiger partial charge in [0.05, 0.1) is 18.5 Å². The van der Waals surface area contributed by atoms with Crippen LogP contribution in [0.5, 0.6) is 0 Å². The van der Waals surface area contributed by atoms with Gasteiger partial charge < -0.3 is 10.1 Å². The Morgan fingerprint density at radius 2 is 2.24 bits per heavy atom. The van der Waals surface area contributed by atoms with Crippen molar-refractivity contribution in [3.63, 3.8) is 0 Å². The molecule has 1 fully saturated rings. The molecule has 1 saturated heterocycles. The number of anilines is 1. The predicted molar refractivity (Wildman–Crippen MR) is 56.7 cm³/mol. The lowest BCUT2D eigenvalue weighted by Gasteiger charge is -2.11. The van der Waals surface area contributed by atoms with Gasteiger partial charge in [-0.3, -0.25) is 0 Å². The summed E-state index contributed by atoms with van der Waals surface area (Å²) in [6, 6.07) is 2.37. The molecule has 1 aromatic heterocycles. The molecule has 1 aliphatic heterocycles. The van der Waals surface area contributed by atoms with Crippen LogP contribution in [0.1, 0.15) is 12.1 Å². The van der Waals surface area contributed by atoms with Gasteiger partial charge in [-0.2, -0.15) is 13.2 Å². The summed E-state index contributed by atoms with van der Waals surface area (Å²) < 4.78 is 42.0. The van der Waals surface area contributed by atoms with Crippen molar-refractivity contribution in [2.45, 2.75) is 12.6 Å². The second kappa shape index (κ2) is 4.91. The van der Waals surface area contributed by atoms with Gasteiger partial charge in [-0.05, 0) is 18.6 Å². The summed E-state index contributed by atoms with van der Waals surface area (Å²) in [4.78, 5) is 3.38. The topological polar surface area (TPSA) is 34.1 Å². The third-order valence-electron chi connectivity index (χ3n) is 2.67. The molecule has 6 heteroatoms. The van der Waals surface area contributed by atoms with Crippen LogP contribution in [0, 0.1) is 5.92 Å². The molecule has 0 saturated carbocycles. The Bertz CT molecular complexity index is 358. The Morgan fingerprint density at radius 3 is 2.76 bits per heavy atom. The summed E-state index contributed by atoms with van der Waals surface area (Å²) in [5.41, 5.74) is -0.267. The Morgan fingerprint density at radius 1 is 1.41 bits per heavy atom. The minimum atomic E-state index is -4.38. The number of halogens is 3. The molecule has 0 radical (unpaired) electrons. The molecule has 0 bridgehead atoms. The van der Waals surface area contributed by atoms with Crippen molar-refractivity contribution in [2.75, 3.05) is 25.1 Å². The van der Waals surface area contributed by atoms with Crippen molar-refractivity contribution in [1.29, 1.82) is 0 Å². The zero-order chi connectivity index (χ0) is 12.3. The Labute approximate surface area is 97.0 Å². The zero-order valence-corrected chi connectivity index (χ0v) is 9.13. The SMILES string of the molecule is FC(F)(F)c1ccc(NCC2CCOC2)cn1. The minimum Gasteiger partial charge on any atom is -0.383 e. The highest BCUT2D eigenvalue weighted by Gasteiger charge is 2.32. The third-order valence-corrected chi connectivity index (χ3v) is 2.67. The van der Waals surface area contributed by atoms with E-state index in [1.165, 1.54) is 12.3 Å². The summed E-state index contributed by atoms with van der Waals surface area (Å²) in [5, 5.41) is 3.06. The summed E-state index contributed by atoms with van der Waals surface area (Å²) in [7, 11) is 0. The van der Waals surface area contributed by atoms with Gasteiger partial charge in [0.15, 0.2) is 0 Å². The normalized spacial score (nSPS) is 20.5. The monoisotopic (exact) mass is 246 g/mol. The molecule has 0 aliphatic carbocycles. The predicted octanol–water partition coefficient (Wildman–Crippen LogP) is 2.55. The average Bonchev–Trinajstić information content (AvgIpc) is 2.78.